The Hall–Kier alpha value is -2.12. The number of carbonyl (C=O) groups excluding carboxylic acids is 1. The number of anilines is 1. The summed E-state index contributed by atoms with van der Waals surface area (Å²) in [6, 6.07) is 7.88. The summed E-state index contributed by atoms with van der Waals surface area (Å²) >= 11 is 0. The quantitative estimate of drug-likeness (QED) is 0.504. The van der Waals surface area contributed by atoms with Gasteiger partial charge in [0, 0.05) is 51.4 Å². The van der Waals surface area contributed by atoms with Gasteiger partial charge in [-0.3, -0.25) is 14.7 Å². The van der Waals surface area contributed by atoms with Crippen LogP contribution in [0.15, 0.2) is 29.3 Å². The predicted octanol–water partition coefficient (Wildman–Crippen LogP) is 2.35. The topological polar surface area (TPSA) is 78.0 Å². The van der Waals surface area contributed by atoms with Gasteiger partial charge >= 0.3 is 0 Å². The maximum absolute atomic E-state index is 11.3. The van der Waals surface area contributed by atoms with Crippen molar-refractivity contribution in [3.63, 3.8) is 0 Å². The van der Waals surface area contributed by atoms with Crippen LogP contribution in [0.5, 0.6) is 0 Å². The molecule has 0 spiro atoms. The third-order valence-corrected chi connectivity index (χ3v) is 5.98. The number of benzene rings is 1. The van der Waals surface area contributed by atoms with Gasteiger partial charge in [-0.1, -0.05) is 31.4 Å². The highest BCUT2D eigenvalue weighted by atomic mass is 16.5. The van der Waals surface area contributed by atoms with Gasteiger partial charge in [0.05, 0.1) is 13.2 Å². The van der Waals surface area contributed by atoms with Crippen molar-refractivity contribution < 1.29 is 9.53 Å². The lowest BCUT2D eigenvalue weighted by molar-refractivity contribution is -0.114. The maximum atomic E-state index is 11.3. The van der Waals surface area contributed by atoms with Gasteiger partial charge in [-0.15, -0.1) is 0 Å². The lowest BCUT2D eigenvalue weighted by Crippen LogP contribution is -2.60. The van der Waals surface area contributed by atoms with E-state index in [0.717, 1.165) is 50.1 Å². The molecule has 160 valence electrons. The Morgan fingerprint density at radius 1 is 1.17 bits per heavy atom. The van der Waals surface area contributed by atoms with Crippen LogP contribution in [0.1, 0.15) is 44.6 Å². The normalized spacial score (nSPS) is 20.1. The number of morpholine rings is 1. The van der Waals surface area contributed by atoms with E-state index in [-0.39, 0.29) is 11.4 Å². The first kappa shape index (κ1) is 21.6. The third kappa shape index (κ3) is 6.18. The lowest BCUT2D eigenvalue weighted by atomic mass is 9.80. The van der Waals surface area contributed by atoms with Crippen LogP contribution >= 0.6 is 0 Å². The van der Waals surface area contributed by atoms with E-state index >= 15 is 0 Å². The van der Waals surface area contributed by atoms with Gasteiger partial charge in [-0.25, -0.2) is 0 Å². The summed E-state index contributed by atoms with van der Waals surface area (Å²) in [5.41, 5.74) is 2.11. The second-order valence-electron chi connectivity index (χ2n) is 8.05. The van der Waals surface area contributed by atoms with E-state index in [4.69, 9.17) is 4.74 Å². The van der Waals surface area contributed by atoms with Crippen molar-refractivity contribution in [2.75, 3.05) is 45.2 Å². The molecule has 3 rings (SSSR count). The summed E-state index contributed by atoms with van der Waals surface area (Å²) in [5, 5.41) is 9.82. The molecule has 1 aromatic rings. The molecule has 1 saturated carbocycles. The Kier molecular flexibility index (Phi) is 7.89. The summed E-state index contributed by atoms with van der Waals surface area (Å²) in [5.74, 6) is 0.751. The van der Waals surface area contributed by atoms with Crippen molar-refractivity contribution in [3.8, 4) is 0 Å². The number of nitrogens with zero attached hydrogens (tertiary/aromatic N) is 2. The van der Waals surface area contributed by atoms with Crippen molar-refractivity contribution in [1.82, 2.24) is 15.5 Å². The highest BCUT2D eigenvalue weighted by Crippen LogP contribution is 2.33. The summed E-state index contributed by atoms with van der Waals surface area (Å²) in [6.07, 6.45) is 6.39. The molecule has 7 heteroatoms. The molecule has 3 N–H and O–H groups in total. The Morgan fingerprint density at radius 2 is 1.93 bits per heavy atom. The second-order valence-corrected chi connectivity index (χ2v) is 8.05. The van der Waals surface area contributed by atoms with Crippen molar-refractivity contribution in [2.45, 2.75) is 51.1 Å². The van der Waals surface area contributed by atoms with Gasteiger partial charge in [0.1, 0.15) is 0 Å². The molecule has 7 nitrogen and oxygen atoms in total. The van der Waals surface area contributed by atoms with Crippen molar-refractivity contribution in [2.24, 2.45) is 4.99 Å². The van der Waals surface area contributed by atoms with E-state index in [0.29, 0.717) is 6.54 Å². The van der Waals surface area contributed by atoms with Crippen LogP contribution in [0.2, 0.25) is 0 Å². The number of rotatable bonds is 6. The minimum atomic E-state index is -0.0616. The lowest BCUT2D eigenvalue weighted by Gasteiger charge is -2.48. The van der Waals surface area contributed by atoms with E-state index in [1.54, 1.807) is 0 Å². The molecule has 0 radical (unpaired) electrons. The van der Waals surface area contributed by atoms with Gasteiger partial charge in [0.2, 0.25) is 5.91 Å². The third-order valence-electron chi connectivity index (χ3n) is 5.98. The minimum Gasteiger partial charge on any atom is -0.379 e. The second kappa shape index (κ2) is 10.6. The van der Waals surface area contributed by atoms with Gasteiger partial charge < -0.3 is 20.7 Å². The SMILES string of the molecule is CN=C(NCc1cccc(NC(C)=O)c1)NCC1(N2CCOCC2)CCCCC1. The van der Waals surface area contributed by atoms with E-state index in [1.165, 1.54) is 39.0 Å². The molecule has 1 aliphatic carbocycles. The summed E-state index contributed by atoms with van der Waals surface area (Å²) < 4.78 is 5.58. The maximum Gasteiger partial charge on any atom is 0.221 e. The Bertz CT molecular complexity index is 694. The van der Waals surface area contributed by atoms with Crippen molar-refractivity contribution >= 4 is 17.6 Å². The fourth-order valence-electron chi connectivity index (χ4n) is 4.47. The molecule has 29 heavy (non-hydrogen) atoms. The van der Waals surface area contributed by atoms with Crippen LogP contribution in [-0.2, 0) is 16.1 Å². The van der Waals surface area contributed by atoms with Crippen LogP contribution in [-0.4, -0.2) is 62.2 Å². The van der Waals surface area contributed by atoms with Gasteiger partial charge in [0.15, 0.2) is 5.96 Å². The first-order chi connectivity index (χ1) is 14.1. The standard InChI is InChI=1S/C22H35N5O2/c1-18(28)26-20-8-6-7-19(15-20)16-24-21(23-2)25-17-22(9-4-3-5-10-22)27-11-13-29-14-12-27/h6-8,15H,3-5,9-14,16-17H2,1-2H3,(H,26,28)(H2,23,24,25). The molecule has 1 heterocycles. The first-order valence-electron chi connectivity index (χ1n) is 10.8. The fraction of sp³-hybridized carbons (Fsp3) is 0.636. The zero-order chi connectivity index (χ0) is 20.5. The van der Waals surface area contributed by atoms with Crippen molar-refractivity contribution in [1.29, 1.82) is 0 Å². The molecular weight excluding hydrogens is 366 g/mol. The summed E-state index contributed by atoms with van der Waals surface area (Å²) in [7, 11) is 1.81. The highest BCUT2D eigenvalue weighted by molar-refractivity contribution is 5.88. The van der Waals surface area contributed by atoms with Gasteiger partial charge in [-0.2, -0.15) is 0 Å². The predicted molar refractivity (Wildman–Crippen MR) is 117 cm³/mol. The highest BCUT2D eigenvalue weighted by Gasteiger charge is 2.38. The molecular formula is C22H35N5O2. The average molecular weight is 402 g/mol. The molecule has 2 aliphatic rings. The molecule has 0 aromatic heterocycles. The van der Waals surface area contributed by atoms with Crippen LogP contribution in [0.25, 0.3) is 0 Å². The molecule has 1 amide bonds. The molecule has 0 bridgehead atoms. The Labute approximate surface area is 174 Å². The van der Waals surface area contributed by atoms with Crippen molar-refractivity contribution in [3.05, 3.63) is 29.8 Å². The Morgan fingerprint density at radius 3 is 2.62 bits per heavy atom. The molecule has 2 fully saturated rings. The molecule has 1 aromatic carbocycles. The molecule has 1 saturated heterocycles. The van der Waals surface area contributed by atoms with Gasteiger partial charge in [0.25, 0.3) is 0 Å². The number of aliphatic imine (C=N–C) groups is 1. The van der Waals surface area contributed by atoms with E-state index in [1.807, 2.05) is 31.3 Å². The van der Waals surface area contributed by atoms with E-state index in [9.17, 15) is 4.79 Å². The van der Waals surface area contributed by atoms with E-state index in [2.05, 4.69) is 25.8 Å². The Balaban J connectivity index is 1.56. The average Bonchev–Trinajstić information content (AvgIpc) is 2.75. The summed E-state index contributed by atoms with van der Waals surface area (Å²) in [6.45, 7) is 6.77. The number of hydrogen-bond donors (Lipinski definition) is 3. The van der Waals surface area contributed by atoms with Gasteiger partial charge in [-0.05, 0) is 30.5 Å². The van der Waals surface area contributed by atoms with Crippen LogP contribution in [0.3, 0.4) is 0 Å². The first-order valence-corrected chi connectivity index (χ1v) is 10.8. The number of nitrogens with one attached hydrogen (secondary N) is 3. The number of carbonyl (C=O) groups is 1. The monoisotopic (exact) mass is 401 g/mol. The van der Waals surface area contributed by atoms with Crippen LogP contribution in [0.4, 0.5) is 5.69 Å². The number of hydrogen-bond acceptors (Lipinski definition) is 4. The summed E-state index contributed by atoms with van der Waals surface area (Å²) in [4.78, 5) is 18.3. The van der Waals surface area contributed by atoms with Crippen LogP contribution in [0, 0.1) is 0 Å². The number of amides is 1. The molecule has 1 aliphatic heterocycles. The number of guanidine groups is 1. The zero-order valence-corrected chi connectivity index (χ0v) is 17.8. The zero-order valence-electron chi connectivity index (χ0n) is 17.8. The van der Waals surface area contributed by atoms with E-state index < -0.39 is 0 Å². The molecule has 0 atom stereocenters. The fourth-order valence-corrected chi connectivity index (χ4v) is 4.47. The molecule has 0 unspecified atom stereocenters. The largest absolute Gasteiger partial charge is 0.379 e. The van der Waals surface area contributed by atoms with Crippen LogP contribution < -0.4 is 16.0 Å². The number of ether oxygens (including phenoxy) is 1. The minimum absolute atomic E-state index is 0.0616. The smallest absolute Gasteiger partial charge is 0.221 e.